The predicted octanol–water partition coefficient (Wildman–Crippen LogP) is 4.22. The largest absolute Gasteiger partial charge is 0.481 e. The van der Waals surface area contributed by atoms with E-state index in [9.17, 15) is 9.90 Å². The fraction of sp³-hybridized carbons (Fsp3) is 0.562. The third-order valence-corrected chi connectivity index (χ3v) is 4.09. The number of carbonyl (C=O) groups is 1. The molecule has 0 aromatic heterocycles. The molecule has 1 saturated carbocycles. The van der Waals surface area contributed by atoms with Crippen LogP contribution >= 0.6 is 0 Å². The first-order chi connectivity index (χ1) is 8.77. The third-order valence-electron chi connectivity index (χ3n) is 4.09. The van der Waals surface area contributed by atoms with Crippen molar-refractivity contribution >= 4 is 5.97 Å². The van der Waals surface area contributed by atoms with E-state index in [1.807, 2.05) is 30.3 Å². The quantitative estimate of drug-likeness (QED) is 0.844. The second-order valence-corrected chi connectivity index (χ2v) is 5.38. The Labute approximate surface area is 109 Å². The monoisotopic (exact) mass is 246 g/mol. The normalized spacial score (nSPS) is 18.4. The highest BCUT2D eigenvalue weighted by molar-refractivity contribution is 5.75. The van der Waals surface area contributed by atoms with Crippen molar-refractivity contribution < 1.29 is 9.90 Å². The first kappa shape index (κ1) is 13.1. The standard InChI is InChI=1S/C16H22O2/c17-16(18)15(14-9-5-2-6-10-14)12-11-13-7-3-1-4-8-13/h2,5-6,9-10,13,15H,1,3-4,7-8,11-12H2,(H,17,18). The number of carboxylic acids is 1. The Balaban J connectivity index is 1.92. The summed E-state index contributed by atoms with van der Waals surface area (Å²) in [5.41, 5.74) is 0.945. The van der Waals surface area contributed by atoms with E-state index in [1.54, 1.807) is 0 Å². The Hall–Kier alpha value is -1.31. The van der Waals surface area contributed by atoms with Gasteiger partial charge in [-0.15, -0.1) is 0 Å². The van der Waals surface area contributed by atoms with Crippen LogP contribution in [0.3, 0.4) is 0 Å². The molecule has 1 aromatic carbocycles. The molecular formula is C16H22O2. The van der Waals surface area contributed by atoms with Crippen LogP contribution in [0.5, 0.6) is 0 Å². The molecule has 0 heterocycles. The number of rotatable bonds is 5. The molecule has 1 fully saturated rings. The summed E-state index contributed by atoms with van der Waals surface area (Å²) in [7, 11) is 0. The smallest absolute Gasteiger partial charge is 0.310 e. The summed E-state index contributed by atoms with van der Waals surface area (Å²) in [5.74, 6) is -0.255. The van der Waals surface area contributed by atoms with Crippen LogP contribution in [0.1, 0.15) is 56.4 Å². The van der Waals surface area contributed by atoms with Crippen molar-refractivity contribution in [1.29, 1.82) is 0 Å². The fourth-order valence-corrected chi connectivity index (χ4v) is 3.00. The minimum atomic E-state index is -0.683. The molecule has 1 N–H and O–H groups in total. The van der Waals surface area contributed by atoms with Crippen molar-refractivity contribution in [3.8, 4) is 0 Å². The second-order valence-electron chi connectivity index (χ2n) is 5.38. The molecule has 1 aliphatic carbocycles. The topological polar surface area (TPSA) is 37.3 Å². The lowest BCUT2D eigenvalue weighted by Crippen LogP contribution is -2.14. The van der Waals surface area contributed by atoms with Crippen molar-refractivity contribution in [2.45, 2.75) is 50.9 Å². The van der Waals surface area contributed by atoms with Crippen molar-refractivity contribution in [2.75, 3.05) is 0 Å². The zero-order valence-corrected chi connectivity index (χ0v) is 10.8. The molecule has 0 saturated heterocycles. The van der Waals surface area contributed by atoms with Crippen LogP contribution < -0.4 is 0 Å². The van der Waals surface area contributed by atoms with E-state index in [1.165, 1.54) is 32.1 Å². The van der Waals surface area contributed by atoms with Crippen molar-refractivity contribution in [1.82, 2.24) is 0 Å². The highest BCUT2D eigenvalue weighted by Crippen LogP contribution is 2.31. The van der Waals surface area contributed by atoms with Gasteiger partial charge in [-0.25, -0.2) is 0 Å². The molecule has 0 amide bonds. The van der Waals surface area contributed by atoms with E-state index < -0.39 is 5.97 Å². The molecule has 0 bridgehead atoms. The van der Waals surface area contributed by atoms with Crippen molar-refractivity contribution in [3.05, 3.63) is 35.9 Å². The summed E-state index contributed by atoms with van der Waals surface area (Å²) in [6.07, 6.45) is 8.44. The summed E-state index contributed by atoms with van der Waals surface area (Å²) < 4.78 is 0. The number of carboxylic acid groups (broad SMARTS) is 1. The number of hydrogen-bond donors (Lipinski definition) is 1. The highest BCUT2D eigenvalue weighted by atomic mass is 16.4. The number of benzene rings is 1. The molecule has 2 heteroatoms. The van der Waals surface area contributed by atoms with E-state index in [2.05, 4.69) is 0 Å². The second kappa shape index (κ2) is 6.58. The lowest BCUT2D eigenvalue weighted by Gasteiger charge is -2.23. The van der Waals surface area contributed by atoms with Crippen LogP contribution in [0.15, 0.2) is 30.3 Å². The molecule has 18 heavy (non-hydrogen) atoms. The van der Waals surface area contributed by atoms with Gasteiger partial charge >= 0.3 is 5.97 Å². The molecule has 2 nitrogen and oxygen atoms in total. The molecule has 1 unspecified atom stereocenters. The predicted molar refractivity (Wildman–Crippen MR) is 72.6 cm³/mol. The summed E-state index contributed by atoms with van der Waals surface area (Å²) in [6, 6.07) is 9.64. The molecular weight excluding hydrogens is 224 g/mol. The summed E-state index contributed by atoms with van der Waals surface area (Å²) in [4.78, 5) is 11.4. The van der Waals surface area contributed by atoms with Gasteiger partial charge in [-0.1, -0.05) is 62.4 Å². The lowest BCUT2D eigenvalue weighted by atomic mass is 9.83. The van der Waals surface area contributed by atoms with Gasteiger partial charge in [0.05, 0.1) is 5.92 Å². The number of aliphatic carboxylic acids is 1. The third kappa shape index (κ3) is 3.59. The van der Waals surface area contributed by atoms with Crippen LogP contribution in [-0.2, 0) is 4.79 Å². The minimum Gasteiger partial charge on any atom is -0.481 e. The molecule has 0 radical (unpaired) electrons. The molecule has 1 aliphatic rings. The van der Waals surface area contributed by atoms with E-state index in [0.29, 0.717) is 0 Å². The van der Waals surface area contributed by atoms with Crippen LogP contribution in [0.4, 0.5) is 0 Å². The SMILES string of the molecule is O=C(O)C(CCC1CCCCC1)c1ccccc1. The van der Waals surface area contributed by atoms with Crippen molar-refractivity contribution in [3.63, 3.8) is 0 Å². The van der Waals surface area contributed by atoms with Gasteiger partial charge in [0.2, 0.25) is 0 Å². The minimum absolute atomic E-state index is 0.326. The van der Waals surface area contributed by atoms with Gasteiger partial charge in [0.15, 0.2) is 0 Å². The lowest BCUT2D eigenvalue weighted by molar-refractivity contribution is -0.139. The van der Waals surface area contributed by atoms with E-state index in [-0.39, 0.29) is 5.92 Å². The zero-order chi connectivity index (χ0) is 12.8. The van der Waals surface area contributed by atoms with Gasteiger partial charge in [-0.2, -0.15) is 0 Å². The van der Waals surface area contributed by atoms with Gasteiger partial charge in [0, 0.05) is 0 Å². The van der Waals surface area contributed by atoms with Crippen LogP contribution in [-0.4, -0.2) is 11.1 Å². The average Bonchev–Trinajstić information content (AvgIpc) is 2.41. The summed E-state index contributed by atoms with van der Waals surface area (Å²) >= 11 is 0. The first-order valence-electron chi connectivity index (χ1n) is 7.05. The van der Waals surface area contributed by atoms with E-state index in [0.717, 1.165) is 24.3 Å². The Morgan fingerprint density at radius 1 is 1.17 bits per heavy atom. The molecule has 1 atom stereocenters. The van der Waals surface area contributed by atoms with E-state index >= 15 is 0 Å². The maximum Gasteiger partial charge on any atom is 0.310 e. The van der Waals surface area contributed by atoms with Crippen LogP contribution in [0.2, 0.25) is 0 Å². The first-order valence-corrected chi connectivity index (χ1v) is 7.05. The summed E-state index contributed by atoms with van der Waals surface area (Å²) in [5, 5.41) is 9.36. The fourth-order valence-electron chi connectivity index (χ4n) is 3.00. The summed E-state index contributed by atoms with van der Waals surface area (Å²) in [6.45, 7) is 0. The Morgan fingerprint density at radius 2 is 1.83 bits per heavy atom. The maximum absolute atomic E-state index is 11.4. The van der Waals surface area contributed by atoms with Gasteiger partial charge in [-0.3, -0.25) is 4.79 Å². The van der Waals surface area contributed by atoms with Gasteiger partial charge in [0.25, 0.3) is 0 Å². The molecule has 2 rings (SSSR count). The van der Waals surface area contributed by atoms with E-state index in [4.69, 9.17) is 0 Å². The highest BCUT2D eigenvalue weighted by Gasteiger charge is 2.22. The molecule has 98 valence electrons. The van der Waals surface area contributed by atoms with Crippen LogP contribution in [0.25, 0.3) is 0 Å². The average molecular weight is 246 g/mol. The molecule has 0 aliphatic heterocycles. The molecule has 0 spiro atoms. The van der Waals surface area contributed by atoms with Gasteiger partial charge in [0.1, 0.15) is 0 Å². The van der Waals surface area contributed by atoms with Gasteiger partial charge in [-0.05, 0) is 24.3 Å². The number of hydrogen-bond acceptors (Lipinski definition) is 1. The van der Waals surface area contributed by atoms with Gasteiger partial charge < -0.3 is 5.11 Å². The maximum atomic E-state index is 11.4. The Kier molecular flexibility index (Phi) is 4.80. The Bertz CT molecular complexity index is 366. The zero-order valence-electron chi connectivity index (χ0n) is 10.8. The van der Waals surface area contributed by atoms with Crippen LogP contribution in [0, 0.1) is 5.92 Å². The van der Waals surface area contributed by atoms with Crippen molar-refractivity contribution in [2.24, 2.45) is 5.92 Å². The Morgan fingerprint density at radius 3 is 2.44 bits per heavy atom. The molecule has 1 aromatic rings.